The van der Waals surface area contributed by atoms with Crippen molar-refractivity contribution < 1.29 is 14.3 Å². The lowest BCUT2D eigenvalue weighted by Crippen LogP contribution is -2.06. The summed E-state index contributed by atoms with van der Waals surface area (Å²) in [5, 5.41) is 12.3. The van der Waals surface area contributed by atoms with Gasteiger partial charge in [-0.2, -0.15) is 0 Å². The van der Waals surface area contributed by atoms with Crippen LogP contribution in [0.4, 0.5) is 10.7 Å². The molecule has 1 amide bonds. The maximum atomic E-state index is 10.3. The normalized spacial score (nSPS) is 10.2. The third-order valence-electron chi connectivity index (χ3n) is 1.73. The van der Waals surface area contributed by atoms with Crippen molar-refractivity contribution in [3.8, 4) is 0 Å². The molecule has 4 heteroatoms. The van der Waals surface area contributed by atoms with Crippen molar-refractivity contribution in [3.05, 3.63) is 30.5 Å². The molecule has 0 spiro atoms. The van der Waals surface area contributed by atoms with Gasteiger partial charge in [-0.1, -0.05) is 18.2 Å². The molecule has 0 radical (unpaired) electrons. The molecule has 0 saturated heterocycles. The summed E-state index contributed by atoms with van der Waals surface area (Å²) in [6.45, 7) is 0. The number of furan rings is 1. The predicted molar refractivity (Wildman–Crippen MR) is 47.9 cm³/mol. The van der Waals surface area contributed by atoms with E-state index in [0.717, 1.165) is 10.8 Å². The van der Waals surface area contributed by atoms with E-state index in [2.05, 4.69) is 5.32 Å². The lowest BCUT2D eigenvalue weighted by molar-refractivity contribution is 0.209. The van der Waals surface area contributed by atoms with E-state index < -0.39 is 6.09 Å². The van der Waals surface area contributed by atoms with E-state index in [4.69, 9.17) is 9.52 Å². The van der Waals surface area contributed by atoms with Crippen LogP contribution in [-0.4, -0.2) is 11.2 Å². The number of benzene rings is 1. The molecule has 1 heterocycles. The number of hydrogen-bond acceptors (Lipinski definition) is 2. The number of carbonyl (C=O) groups is 1. The second-order valence-electron chi connectivity index (χ2n) is 2.58. The van der Waals surface area contributed by atoms with E-state index >= 15 is 0 Å². The Bertz CT molecular complexity index is 447. The van der Waals surface area contributed by atoms with Gasteiger partial charge in [-0.05, 0) is 6.07 Å². The number of anilines is 1. The van der Waals surface area contributed by atoms with E-state index in [0.29, 0.717) is 0 Å². The first kappa shape index (κ1) is 7.67. The molecule has 4 nitrogen and oxygen atoms in total. The van der Waals surface area contributed by atoms with Crippen molar-refractivity contribution in [1.82, 2.24) is 0 Å². The smallest absolute Gasteiger partial charge is 0.411 e. The van der Waals surface area contributed by atoms with Crippen LogP contribution in [0.25, 0.3) is 10.8 Å². The Balaban J connectivity index is 2.51. The first-order valence-electron chi connectivity index (χ1n) is 3.73. The maximum absolute atomic E-state index is 10.3. The quantitative estimate of drug-likeness (QED) is 0.703. The van der Waals surface area contributed by atoms with Crippen molar-refractivity contribution in [1.29, 1.82) is 0 Å². The van der Waals surface area contributed by atoms with Gasteiger partial charge in [-0.15, -0.1) is 0 Å². The van der Waals surface area contributed by atoms with E-state index in [1.54, 1.807) is 6.07 Å². The van der Waals surface area contributed by atoms with Gasteiger partial charge in [0.15, 0.2) is 0 Å². The van der Waals surface area contributed by atoms with Crippen LogP contribution in [0.3, 0.4) is 0 Å². The highest BCUT2D eigenvalue weighted by Gasteiger charge is 2.06. The van der Waals surface area contributed by atoms with Gasteiger partial charge in [0.05, 0.1) is 0 Å². The number of amides is 1. The van der Waals surface area contributed by atoms with Crippen LogP contribution >= 0.6 is 0 Å². The summed E-state index contributed by atoms with van der Waals surface area (Å²) in [6.07, 6.45) is 0.390. The number of hydrogen-bond donors (Lipinski definition) is 2. The average Bonchev–Trinajstić information content (AvgIpc) is 2.48. The van der Waals surface area contributed by atoms with Gasteiger partial charge in [0, 0.05) is 10.8 Å². The molecule has 0 bridgehead atoms. The summed E-state index contributed by atoms with van der Waals surface area (Å²) in [5.74, 6) is 0.267. The van der Waals surface area contributed by atoms with Crippen LogP contribution in [-0.2, 0) is 0 Å². The van der Waals surface area contributed by atoms with E-state index in [1.807, 2.05) is 18.2 Å². The predicted octanol–water partition coefficient (Wildman–Crippen LogP) is 2.52. The number of fused-ring (bicyclic) bond motifs is 1. The summed E-state index contributed by atoms with van der Waals surface area (Å²) in [5.41, 5.74) is 0. The molecule has 0 atom stereocenters. The second kappa shape index (κ2) is 2.82. The molecule has 0 aliphatic rings. The lowest BCUT2D eigenvalue weighted by Gasteiger charge is -1.94. The third kappa shape index (κ3) is 1.33. The first-order chi connectivity index (χ1) is 6.27. The fraction of sp³-hybridized carbons (Fsp3) is 0. The molecule has 0 aliphatic heterocycles. The highest BCUT2D eigenvalue weighted by molar-refractivity contribution is 5.97. The molecular weight excluding hydrogens is 170 g/mol. The number of rotatable bonds is 1. The first-order valence-corrected chi connectivity index (χ1v) is 3.73. The molecule has 2 rings (SSSR count). The van der Waals surface area contributed by atoms with Gasteiger partial charge in [0.25, 0.3) is 0 Å². The minimum atomic E-state index is -1.12. The van der Waals surface area contributed by atoms with Gasteiger partial charge in [0.1, 0.15) is 6.26 Å². The highest BCUT2D eigenvalue weighted by Crippen LogP contribution is 2.24. The molecule has 0 aliphatic carbocycles. The topological polar surface area (TPSA) is 62.5 Å². The summed E-state index contributed by atoms with van der Waals surface area (Å²) >= 11 is 0. The van der Waals surface area contributed by atoms with Crippen molar-refractivity contribution in [2.75, 3.05) is 5.32 Å². The van der Waals surface area contributed by atoms with Crippen LogP contribution in [0.5, 0.6) is 0 Å². The van der Waals surface area contributed by atoms with E-state index in [9.17, 15) is 4.79 Å². The standard InChI is InChI=1S/C9H7NO3/c11-9(12)10-8-7-4-2-1-3-6(7)5-13-8/h1-5,10H,(H,11,12). The molecule has 13 heavy (non-hydrogen) atoms. The molecule has 66 valence electrons. The molecule has 1 aromatic heterocycles. The SMILES string of the molecule is O=C(O)Nc1occ2ccccc12. The Hall–Kier alpha value is -1.97. The van der Waals surface area contributed by atoms with Crippen molar-refractivity contribution >= 4 is 22.7 Å². The van der Waals surface area contributed by atoms with Crippen molar-refractivity contribution in [3.63, 3.8) is 0 Å². The highest BCUT2D eigenvalue weighted by atomic mass is 16.4. The van der Waals surface area contributed by atoms with Crippen LogP contribution in [0, 0.1) is 0 Å². The zero-order valence-corrected chi connectivity index (χ0v) is 6.65. The van der Waals surface area contributed by atoms with Gasteiger partial charge in [-0.3, -0.25) is 5.32 Å². The van der Waals surface area contributed by atoms with Crippen molar-refractivity contribution in [2.24, 2.45) is 0 Å². The minimum absolute atomic E-state index is 0.267. The Kier molecular flexibility index (Phi) is 1.66. The Morgan fingerprint density at radius 1 is 1.38 bits per heavy atom. The van der Waals surface area contributed by atoms with Crippen LogP contribution < -0.4 is 5.32 Å². The largest absolute Gasteiger partial charge is 0.465 e. The van der Waals surface area contributed by atoms with Crippen LogP contribution in [0.15, 0.2) is 34.9 Å². The molecular formula is C9H7NO3. The summed E-state index contributed by atoms with van der Waals surface area (Å²) in [6, 6.07) is 7.34. The summed E-state index contributed by atoms with van der Waals surface area (Å²) < 4.78 is 5.03. The van der Waals surface area contributed by atoms with Crippen LogP contribution in [0.2, 0.25) is 0 Å². The second-order valence-corrected chi connectivity index (χ2v) is 2.58. The number of carboxylic acid groups (broad SMARTS) is 1. The minimum Gasteiger partial charge on any atom is -0.465 e. The third-order valence-corrected chi connectivity index (χ3v) is 1.73. The maximum Gasteiger partial charge on any atom is 0.411 e. The molecule has 0 fully saturated rings. The zero-order chi connectivity index (χ0) is 9.26. The van der Waals surface area contributed by atoms with Gasteiger partial charge < -0.3 is 9.52 Å². The molecule has 2 N–H and O–H groups in total. The molecule has 0 saturated carbocycles. The van der Waals surface area contributed by atoms with Gasteiger partial charge >= 0.3 is 6.09 Å². The average molecular weight is 177 g/mol. The van der Waals surface area contributed by atoms with Gasteiger partial charge in [-0.25, -0.2) is 4.79 Å². The Labute approximate surface area is 73.8 Å². The van der Waals surface area contributed by atoms with E-state index in [-0.39, 0.29) is 5.88 Å². The fourth-order valence-corrected chi connectivity index (χ4v) is 1.19. The Morgan fingerprint density at radius 2 is 2.15 bits per heavy atom. The zero-order valence-electron chi connectivity index (χ0n) is 6.65. The fourth-order valence-electron chi connectivity index (χ4n) is 1.19. The number of nitrogens with one attached hydrogen (secondary N) is 1. The van der Waals surface area contributed by atoms with Gasteiger partial charge in [0.2, 0.25) is 5.88 Å². The lowest BCUT2D eigenvalue weighted by atomic mass is 10.2. The molecule has 1 aromatic carbocycles. The molecule has 2 aromatic rings. The summed E-state index contributed by atoms with van der Waals surface area (Å²) in [7, 11) is 0. The molecule has 0 unspecified atom stereocenters. The monoisotopic (exact) mass is 177 g/mol. The van der Waals surface area contributed by atoms with Crippen LogP contribution in [0.1, 0.15) is 0 Å². The van der Waals surface area contributed by atoms with E-state index in [1.165, 1.54) is 6.26 Å². The Morgan fingerprint density at radius 3 is 2.92 bits per heavy atom. The summed E-state index contributed by atoms with van der Waals surface area (Å²) in [4.78, 5) is 10.3. The van der Waals surface area contributed by atoms with Crippen molar-refractivity contribution in [2.45, 2.75) is 0 Å².